The Morgan fingerprint density at radius 3 is 2.25 bits per heavy atom. The average molecular weight is 391 g/mol. The summed E-state index contributed by atoms with van der Waals surface area (Å²) < 4.78 is 0. The quantitative estimate of drug-likeness (QED) is 0.542. The van der Waals surface area contributed by atoms with E-state index < -0.39 is 22.5 Å². The van der Waals surface area contributed by atoms with Gasteiger partial charge in [-0.1, -0.05) is 13.8 Å². The number of hydrogen-bond acceptors (Lipinski definition) is 5. The molecule has 2 rings (SSSR count). The van der Waals surface area contributed by atoms with Gasteiger partial charge in [-0.05, 0) is 31.7 Å². The molecular weight excluding hydrogens is 366 g/mol. The number of nitro groups is 1. The number of carbonyl (C=O) groups excluding carboxylic acids is 2. The van der Waals surface area contributed by atoms with Crippen LogP contribution in [-0.2, 0) is 4.79 Å². The van der Waals surface area contributed by atoms with Crippen molar-refractivity contribution in [2.24, 2.45) is 5.92 Å². The summed E-state index contributed by atoms with van der Waals surface area (Å²) in [4.78, 5) is 48.1. The zero-order valence-corrected chi connectivity index (χ0v) is 16.0. The van der Waals surface area contributed by atoms with Crippen molar-refractivity contribution in [1.82, 2.24) is 10.2 Å². The molecule has 0 atom stereocenters. The number of piperidine rings is 1. The van der Waals surface area contributed by atoms with Crippen molar-refractivity contribution in [2.75, 3.05) is 13.1 Å². The Morgan fingerprint density at radius 1 is 1.18 bits per heavy atom. The van der Waals surface area contributed by atoms with Crippen LogP contribution in [0, 0.1) is 16.0 Å². The summed E-state index contributed by atoms with van der Waals surface area (Å²) in [5, 5.41) is 22.9. The van der Waals surface area contributed by atoms with Gasteiger partial charge in [0.25, 0.3) is 11.6 Å². The number of amides is 2. The number of rotatable bonds is 7. The highest BCUT2D eigenvalue weighted by Crippen LogP contribution is 2.20. The minimum atomic E-state index is -1.34. The monoisotopic (exact) mass is 391 g/mol. The third-order valence-corrected chi connectivity index (χ3v) is 5.11. The lowest BCUT2D eigenvalue weighted by atomic mass is 9.98. The van der Waals surface area contributed by atoms with Crippen molar-refractivity contribution in [3.05, 3.63) is 39.4 Å². The minimum Gasteiger partial charge on any atom is -0.478 e. The number of likely N-dealkylation sites (tertiary alicyclic amines) is 1. The molecule has 0 radical (unpaired) electrons. The summed E-state index contributed by atoms with van der Waals surface area (Å²) >= 11 is 0. The van der Waals surface area contributed by atoms with Gasteiger partial charge in [0.05, 0.1) is 10.5 Å². The van der Waals surface area contributed by atoms with E-state index in [4.69, 9.17) is 5.11 Å². The zero-order valence-electron chi connectivity index (χ0n) is 16.0. The Bertz CT molecular complexity index is 735. The van der Waals surface area contributed by atoms with Crippen LogP contribution in [0.2, 0.25) is 0 Å². The maximum absolute atomic E-state index is 12.5. The van der Waals surface area contributed by atoms with Gasteiger partial charge in [-0.3, -0.25) is 19.7 Å². The molecule has 2 N–H and O–H groups in total. The van der Waals surface area contributed by atoms with Gasteiger partial charge in [-0.2, -0.15) is 0 Å². The molecule has 1 heterocycles. The molecule has 0 aliphatic carbocycles. The molecular formula is C19H25N3O6. The number of nitro benzene ring substituents is 1. The van der Waals surface area contributed by atoms with Crippen LogP contribution in [0.3, 0.4) is 0 Å². The van der Waals surface area contributed by atoms with E-state index in [-0.39, 0.29) is 29.0 Å². The fourth-order valence-electron chi connectivity index (χ4n) is 3.38. The lowest BCUT2D eigenvalue weighted by molar-refractivity contribution is -0.384. The summed E-state index contributed by atoms with van der Waals surface area (Å²) in [7, 11) is 0. The third kappa shape index (κ3) is 5.05. The van der Waals surface area contributed by atoms with Crippen LogP contribution in [0.25, 0.3) is 0 Å². The standard InChI is InChI=1S/C19H25N3O6/c1-3-12(4-2)18(24)21-7-5-15(6-8-21)20-17(23)13-9-14(19(25)26)11-16(10-13)22(27)28/h9-12,15H,3-8H2,1-2H3,(H,20,23)(H,25,26). The first kappa shape index (κ1) is 21.3. The highest BCUT2D eigenvalue weighted by atomic mass is 16.6. The molecule has 1 aliphatic rings. The van der Waals surface area contributed by atoms with E-state index in [9.17, 15) is 24.5 Å². The molecule has 2 amide bonds. The number of non-ortho nitro benzene ring substituents is 1. The number of nitrogens with one attached hydrogen (secondary N) is 1. The second-order valence-electron chi connectivity index (χ2n) is 6.92. The minimum absolute atomic E-state index is 0.0189. The van der Waals surface area contributed by atoms with Gasteiger partial charge in [0.2, 0.25) is 5.91 Å². The molecule has 1 saturated heterocycles. The number of nitrogens with zero attached hydrogens (tertiary/aromatic N) is 2. The number of carbonyl (C=O) groups is 3. The second kappa shape index (κ2) is 9.29. The lowest BCUT2D eigenvalue weighted by Crippen LogP contribution is -2.48. The summed E-state index contributed by atoms with van der Waals surface area (Å²) in [6.45, 7) is 5.05. The topological polar surface area (TPSA) is 130 Å². The second-order valence-corrected chi connectivity index (χ2v) is 6.92. The number of aromatic carboxylic acids is 1. The van der Waals surface area contributed by atoms with Gasteiger partial charge in [-0.25, -0.2) is 4.79 Å². The Labute approximate surface area is 162 Å². The van der Waals surface area contributed by atoms with Crippen molar-refractivity contribution in [1.29, 1.82) is 0 Å². The van der Waals surface area contributed by atoms with E-state index in [1.54, 1.807) is 0 Å². The van der Waals surface area contributed by atoms with Crippen LogP contribution in [0.1, 0.15) is 60.2 Å². The fraction of sp³-hybridized carbons (Fsp3) is 0.526. The van der Waals surface area contributed by atoms with E-state index in [0.29, 0.717) is 25.9 Å². The van der Waals surface area contributed by atoms with Crippen LogP contribution in [0.5, 0.6) is 0 Å². The Balaban J connectivity index is 2.02. The van der Waals surface area contributed by atoms with Crippen LogP contribution in [0.15, 0.2) is 18.2 Å². The van der Waals surface area contributed by atoms with E-state index >= 15 is 0 Å². The van der Waals surface area contributed by atoms with E-state index in [1.165, 1.54) is 0 Å². The molecule has 1 aliphatic heterocycles. The van der Waals surface area contributed by atoms with E-state index in [1.807, 2.05) is 18.7 Å². The maximum Gasteiger partial charge on any atom is 0.335 e. The highest BCUT2D eigenvalue weighted by Gasteiger charge is 2.27. The molecule has 1 aromatic rings. The molecule has 0 unspecified atom stereocenters. The fourth-order valence-corrected chi connectivity index (χ4v) is 3.38. The normalized spacial score (nSPS) is 14.8. The van der Waals surface area contributed by atoms with Crippen molar-refractivity contribution in [3.63, 3.8) is 0 Å². The highest BCUT2D eigenvalue weighted by molar-refractivity contribution is 5.98. The maximum atomic E-state index is 12.5. The molecule has 28 heavy (non-hydrogen) atoms. The summed E-state index contributed by atoms with van der Waals surface area (Å²) in [6.07, 6.45) is 2.76. The van der Waals surface area contributed by atoms with Gasteiger partial charge in [0.15, 0.2) is 0 Å². The van der Waals surface area contributed by atoms with Crippen LogP contribution in [-0.4, -0.2) is 51.8 Å². The first-order chi connectivity index (χ1) is 13.3. The Hall–Kier alpha value is -2.97. The number of carboxylic acids is 1. The van der Waals surface area contributed by atoms with Gasteiger partial charge in [0, 0.05) is 42.7 Å². The smallest absolute Gasteiger partial charge is 0.335 e. The Morgan fingerprint density at radius 2 is 1.75 bits per heavy atom. The van der Waals surface area contributed by atoms with Gasteiger partial charge in [0.1, 0.15) is 0 Å². The summed E-state index contributed by atoms with van der Waals surface area (Å²) in [5.74, 6) is -1.74. The van der Waals surface area contributed by atoms with Crippen molar-refractivity contribution in [2.45, 2.75) is 45.6 Å². The van der Waals surface area contributed by atoms with Crippen molar-refractivity contribution < 1.29 is 24.4 Å². The molecule has 0 bridgehead atoms. The zero-order chi connectivity index (χ0) is 20.8. The van der Waals surface area contributed by atoms with Crippen LogP contribution in [0.4, 0.5) is 5.69 Å². The average Bonchev–Trinajstić information content (AvgIpc) is 2.68. The Kier molecular flexibility index (Phi) is 7.08. The number of benzene rings is 1. The predicted octanol–water partition coefficient (Wildman–Crippen LogP) is 2.45. The summed E-state index contributed by atoms with van der Waals surface area (Å²) in [6, 6.07) is 2.93. The molecule has 152 valence electrons. The summed E-state index contributed by atoms with van der Waals surface area (Å²) in [5.41, 5.74) is -0.831. The van der Waals surface area contributed by atoms with Gasteiger partial charge in [-0.15, -0.1) is 0 Å². The molecule has 1 aromatic carbocycles. The van der Waals surface area contributed by atoms with E-state index in [2.05, 4.69) is 5.32 Å². The van der Waals surface area contributed by atoms with E-state index in [0.717, 1.165) is 31.0 Å². The first-order valence-electron chi connectivity index (χ1n) is 9.39. The number of hydrogen-bond donors (Lipinski definition) is 2. The van der Waals surface area contributed by atoms with Crippen molar-refractivity contribution in [3.8, 4) is 0 Å². The van der Waals surface area contributed by atoms with Crippen LogP contribution < -0.4 is 5.32 Å². The largest absolute Gasteiger partial charge is 0.478 e. The van der Waals surface area contributed by atoms with Crippen molar-refractivity contribution >= 4 is 23.5 Å². The number of carboxylic acid groups (broad SMARTS) is 1. The molecule has 0 aromatic heterocycles. The van der Waals surface area contributed by atoms with Crippen LogP contribution >= 0.6 is 0 Å². The predicted molar refractivity (Wildman–Crippen MR) is 101 cm³/mol. The molecule has 9 nitrogen and oxygen atoms in total. The lowest BCUT2D eigenvalue weighted by Gasteiger charge is -2.34. The molecule has 9 heteroatoms. The SMILES string of the molecule is CCC(CC)C(=O)N1CCC(NC(=O)c2cc(C(=O)O)cc([N+](=O)[O-])c2)CC1. The van der Waals surface area contributed by atoms with Gasteiger partial charge >= 0.3 is 5.97 Å². The molecule has 0 spiro atoms. The van der Waals surface area contributed by atoms with Gasteiger partial charge < -0.3 is 15.3 Å². The molecule has 0 saturated carbocycles. The third-order valence-electron chi connectivity index (χ3n) is 5.11. The molecule has 1 fully saturated rings. The first-order valence-corrected chi connectivity index (χ1v) is 9.39.